The Bertz CT molecular complexity index is 1230. The molecule has 1 aliphatic rings. The average Bonchev–Trinajstić information content (AvgIpc) is 3.26. The molecule has 4 rings (SSSR count). The molecule has 3 atom stereocenters. The summed E-state index contributed by atoms with van der Waals surface area (Å²) in [6.45, 7) is 2.14. The number of piperidine rings is 1. The number of rotatable bonds is 8. The van der Waals surface area contributed by atoms with Crippen molar-refractivity contribution in [3.8, 4) is 17.6 Å². The highest BCUT2D eigenvalue weighted by Crippen LogP contribution is 2.34. The van der Waals surface area contributed by atoms with E-state index in [4.69, 9.17) is 4.74 Å². The third-order valence-electron chi connectivity index (χ3n) is 6.89. The highest BCUT2D eigenvalue weighted by Gasteiger charge is 2.31. The Labute approximate surface area is 205 Å². The van der Waals surface area contributed by atoms with Gasteiger partial charge in [0.05, 0.1) is 25.3 Å². The number of hydrogen-bond acceptors (Lipinski definition) is 6. The van der Waals surface area contributed by atoms with Crippen molar-refractivity contribution in [2.75, 3.05) is 26.7 Å². The van der Waals surface area contributed by atoms with Gasteiger partial charge in [0.25, 0.3) is 0 Å². The van der Waals surface area contributed by atoms with Gasteiger partial charge in [0, 0.05) is 44.0 Å². The van der Waals surface area contributed by atoms with E-state index in [9.17, 15) is 15.0 Å². The minimum Gasteiger partial charge on any atom is -0.497 e. The van der Waals surface area contributed by atoms with Gasteiger partial charge in [-0.25, -0.2) is 4.98 Å². The molecule has 184 valence electrons. The summed E-state index contributed by atoms with van der Waals surface area (Å²) in [6.07, 6.45) is 6.98. The first kappa shape index (κ1) is 24.7. The van der Waals surface area contributed by atoms with E-state index in [1.807, 2.05) is 42.1 Å². The van der Waals surface area contributed by atoms with E-state index in [0.29, 0.717) is 19.5 Å². The Morgan fingerprint density at radius 3 is 2.86 bits per heavy atom. The smallest absolute Gasteiger partial charge is 0.303 e. The molecule has 2 aromatic heterocycles. The van der Waals surface area contributed by atoms with Crippen LogP contribution in [0.25, 0.3) is 10.9 Å². The molecule has 0 amide bonds. The van der Waals surface area contributed by atoms with Crippen LogP contribution in [0.5, 0.6) is 5.75 Å². The number of aromatic nitrogens is 3. The number of aliphatic hydroxyl groups is 1. The van der Waals surface area contributed by atoms with Crippen molar-refractivity contribution in [2.45, 2.75) is 31.8 Å². The molecule has 8 nitrogen and oxygen atoms in total. The summed E-state index contributed by atoms with van der Waals surface area (Å²) in [5, 5.41) is 21.4. The number of carboxylic acid groups (broad SMARTS) is 1. The number of fused-ring (bicyclic) bond motifs is 1. The molecule has 1 aliphatic heterocycles. The maximum atomic E-state index is 11.6. The Balaban J connectivity index is 1.39. The van der Waals surface area contributed by atoms with Gasteiger partial charge in [-0.1, -0.05) is 5.92 Å². The van der Waals surface area contributed by atoms with E-state index in [1.54, 1.807) is 19.5 Å². The predicted molar refractivity (Wildman–Crippen MR) is 133 cm³/mol. The van der Waals surface area contributed by atoms with Crippen molar-refractivity contribution in [2.24, 2.45) is 18.9 Å². The molecule has 1 saturated heterocycles. The third kappa shape index (κ3) is 6.18. The maximum Gasteiger partial charge on any atom is 0.303 e. The van der Waals surface area contributed by atoms with Crippen LogP contribution in [-0.2, 0) is 11.8 Å². The zero-order valence-corrected chi connectivity index (χ0v) is 20.2. The molecular weight excluding hydrogens is 444 g/mol. The first-order valence-corrected chi connectivity index (χ1v) is 12.0. The topological polar surface area (TPSA) is 101 Å². The molecule has 2 N–H and O–H groups in total. The zero-order chi connectivity index (χ0) is 24.8. The third-order valence-corrected chi connectivity index (χ3v) is 6.89. The Morgan fingerprint density at radius 2 is 2.11 bits per heavy atom. The van der Waals surface area contributed by atoms with Gasteiger partial charge < -0.3 is 19.5 Å². The number of carbonyl (C=O) groups is 1. The fourth-order valence-corrected chi connectivity index (χ4v) is 4.94. The standard InChI is InChI=1S/C27H32N4O4/c1-30-15-12-29-26(30)4-3-13-31-14-10-19(20(18-31)16-27(33)34)5-8-25(32)22-9-11-28-24-7-6-21(35-2)17-23(22)24/h6-7,9,11-12,15,17,19-20,25,32H,5,8,10,13-14,16,18H2,1-2H3,(H,33,34)/t19-,20+,25-/m1/s1. The van der Waals surface area contributed by atoms with Crippen molar-refractivity contribution in [1.29, 1.82) is 0 Å². The maximum absolute atomic E-state index is 11.6. The number of imidazole rings is 1. The molecule has 3 heterocycles. The molecule has 0 aliphatic carbocycles. The fourth-order valence-electron chi connectivity index (χ4n) is 4.94. The summed E-state index contributed by atoms with van der Waals surface area (Å²) in [4.78, 5) is 22.4. The van der Waals surface area contributed by atoms with Crippen molar-refractivity contribution >= 4 is 16.9 Å². The second-order valence-corrected chi connectivity index (χ2v) is 9.18. The lowest BCUT2D eigenvalue weighted by atomic mass is 9.79. The van der Waals surface area contributed by atoms with Crippen molar-refractivity contribution < 1.29 is 19.7 Å². The SMILES string of the molecule is COc1ccc2nccc([C@H](O)CC[C@@H]3CCN(CC#Cc4nccn4C)C[C@@H]3CC(=O)O)c2c1. The second kappa shape index (κ2) is 11.3. The van der Waals surface area contributed by atoms with Gasteiger partial charge in [-0.2, -0.15) is 0 Å². The van der Waals surface area contributed by atoms with Crippen LogP contribution in [0.1, 0.15) is 43.2 Å². The lowest BCUT2D eigenvalue weighted by molar-refractivity contribution is -0.139. The largest absolute Gasteiger partial charge is 0.497 e. The number of aryl methyl sites for hydroxylation is 1. The molecule has 0 unspecified atom stereocenters. The number of carboxylic acids is 1. The predicted octanol–water partition coefficient (Wildman–Crippen LogP) is 3.26. The number of pyridine rings is 1. The molecule has 1 fully saturated rings. The number of nitrogens with zero attached hydrogens (tertiary/aromatic N) is 4. The van der Waals surface area contributed by atoms with E-state index in [1.165, 1.54) is 0 Å². The highest BCUT2D eigenvalue weighted by atomic mass is 16.5. The molecule has 1 aromatic carbocycles. The Morgan fingerprint density at radius 1 is 1.26 bits per heavy atom. The van der Waals surface area contributed by atoms with E-state index in [2.05, 4.69) is 26.7 Å². The summed E-state index contributed by atoms with van der Waals surface area (Å²) >= 11 is 0. The van der Waals surface area contributed by atoms with Gasteiger partial charge in [0.15, 0.2) is 5.82 Å². The summed E-state index contributed by atoms with van der Waals surface area (Å²) in [5.74, 6) is 7.18. The minimum absolute atomic E-state index is 0.0256. The summed E-state index contributed by atoms with van der Waals surface area (Å²) in [6, 6.07) is 7.50. The molecule has 3 aromatic rings. The van der Waals surface area contributed by atoms with Gasteiger partial charge in [-0.3, -0.25) is 14.7 Å². The number of hydrogen-bond donors (Lipinski definition) is 2. The molecule has 0 spiro atoms. The average molecular weight is 477 g/mol. The highest BCUT2D eigenvalue weighted by molar-refractivity contribution is 5.83. The van der Waals surface area contributed by atoms with E-state index >= 15 is 0 Å². The van der Waals surface area contributed by atoms with E-state index in [0.717, 1.165) is 47.4 Å². The second-order valence-electron chi connectivity index (χ2n) is 9.18. The van der Waals surface area contributed by atoms with Gasteiger partial charge in [0.2, 0.25) is 0 Å². The van der Waals surface area contributed by atoms with Crippen LogP contribution >= 0.6 is 0 Å². The van der Waals surface area contributed by atoms with Gasteiger partial charge >= 0.3 is 5.97 Å². The summed E-state index contributed by atoms with van der Waals surface area (Å²) < 4.78 is 7.22. The molecular formula is C27H32N4O4. The Hall–Kier alpha value is -3.41. The number of aliphatic hydroxyl groups excluding tert-OH is 1. The normalized spacial score (nSPS) is 19.2. The van der Waals surface area contributed by atoms with E-state index in [-0.39, 0.29) is 18.3 Å². The van der Waals surface area contributed by atoms with Crippen LogP contribution in [-0.4, -0.2) is 62.4 Å². The quantitative estimate of drug-likeness (QED) is 0.481. The monoisotopic (exact) mass is 476 g/mol. The number of aliphatic carboxylic acids is 1. The fraction of sp³-hybridized carbons (Fsp3) is 0.444. The minimum atomic E-state index is -0.784. The van der Waals surface area contributed by atoms with Gasteiger partial charge in [-0.15, -0.1) is 0 Å². The molecule has 35 heavy (non-hydrogen) atoms. The number of ether oxygens (including phenoxy) is 1. The van der Waals surface area contributed by atoms with Crippen molar-refractivity contribution in [1.82, 2.24) is 19.4 Å². The van der Waals surface area contributed by atoms with Gasteiger partial charge in [0.1, 0.15) is 5.75 Å². The van der Waals surface area contributed by atoms with Gasteiger partial charge in [-0.05, 0) is 73.4 Å². The van der Waals surface area contributed by atoms with Crippen LogP contribution in [0.2, 0.25) is 0 Å². The summed E-state index contributed by atoms with van der Waals surface area (Å²) in [5.41, 5.74) is 1.64. The first-order valence-electron chi connectivity index (χ1n) is 12.0. The number of methoxy groups -OCH3 is 1. The molecule has 0 saturated carbocycles. The number of likely N-dealkylation sites (tertiary alicyclic amines) is 1. The lowest BCUT2D eigenvalue weighted by Gasteiger charge is -2.37. The lowest BCUT2D eigenvalue weighted by Crippen LogP contribution is -2.41. The van der Waals surface area contributed by atoms with Crippen LogP contribution < -0.4 is 4.74 Å². The molecule has 8 heteroatoms. The molecule has 0 bridgehead atoms. The van der Waals surface area contributed by atoms with Crippen LogP contribution in [0.4, 0.5) is 0 Å². The Kier molecular flexibility index (Phi) is 8.01. The molecule has 0 radical (unpaired) electrons. The zero-order valence-electron chi connectivity index (χ0n) is 20.2. The van der Waals surface area contributed by atoms with Crippen LogP contribution in [0.15, 0.2) is 42.9 Å². The van der Waals surface area contributed by atoms with Crippen molar-refractivity contribution in [3.05, 3.63) is 54.2 Å². The van der Waals surface area contributed by atoms with Crippen molar-refractivity contribution in [3.63, 3.8) is 0 Å². The van der Waals surface area contributed by atoms with Crippen LogP contribution in [0, 0.1) is 23.7 Å². The first-order chi connectivity index (χ1) is 16.9. The van der Waals surface area contributed by atoms with E-state index < -0.39 is 12.1 Å². The van der Waals surface area contributed by atoms with Crippen LogP contribution in [0.3, 0.4) is 0 Å². The summed E-state index contributed by atoms with van der Waals surface area (Å²) in [7, 11) is 3.53. The number of benzene rings is 1.